The molecule has 1 unspecified atom stereocenters. The number of hydrogen-bond acceptors (Lipinski definition) is 5. The van der Waals surface area contributed by atoms with E-state index in [0.717, 1.165) is 24.9 Å². The second-order valence-corrected chi connectivity index (χ2v) is 7.43. The van der Waals surface area contributed by atoms with Crippen LogP contribution in [0.15, 0.2) is 17.0 Å². The maximum Gasteiger partial charge on any atom is 0.179 e. The van der Waals surface area contributed by atoms with Crippen molar-refractivity contribution in [3.63, 3.8) is 0 Å². The smallest absolute Gasteiger partial charge is 0.179 e. The fourth-order valence-corrected chi connectivity index (χ4v) is 3.65. The predicted octanol–water partition coefficient (Wildman–Crippen LogP) is 1.79. The molecule has 1 aromatic carbocycles. The third-order valence-electron chi connectivity index (χ3n) is 3.82. The summed E-state index contributed by atoms with van der Waals surface area (Å²) >= 11 is 0. The summed E-state index contributed by atoms with van der Waals surface area (Å²) in [4.78, 5) is 0.190. The van der Waals surface area contributed by atoms with Crippen molar-refractivity contribution in [2.45, 2.75) is 36.6 Å². The van der Waals surface area contributed by atoms with Gasteiger partial charge in [-0.3, -0.25) is 0 Å². The maximum atomic E-state index is 12.0. The van der Waals surface area contributed by atoms with E-state index >= 15 is 0 Å². The average molecular weight is 313 g/mol. The molecule has 0 saturated carbocycles. The molecule has 0 spiro atoms. The number of methoxy groups -OCH3 is 2. The Bertz CT molecular complexity index is 592. The molecule has 21 heavy (non-hydrogen) atoms. The predicted molar refractivity (Wildman–Crippen MR) is 82.0 cm³/mol. The zero-order valence-corrected chi connectivity index (χ0v) is 13.6. The molecule has 0 radical (unpaired) electrons. The Morgan fingerprint density at radius 3 is 2.52 bits per heavy atom. The van der Waals surface area contributed by atoms with E-state index in [1.54, 1.807) is 0 Å². The highest BCUT2D eigenvalue weighted by molar-refractivity contribution is 7.90. The maximum absolute atomic E-state index is 12.0. The summed E-state index contributed by atoms with van der Waals surface area (Å²) in [5.74, 6) is 0.979. The fraction of sp³-hybridized carbons (Fsp3) is 0.600. The normalized spacial score (nSPS) is 19.3. The number of ether oxygens (including phenoxy) is 2. The molecule has 0 bridgehead atoms. The van der Waals surface area contributed by atoms with Crippen LogP contribution in [-0.4, -0.2) is 41.5 Å². The van der Waals surface area contributed by atoms with Gasteiger partial charge >= 0.3 is 0 Å². The first-order chi connectivity index (χ1) is 9.95. The number of nitrogens with one attached hydrogen (secondary N) is 1. The highest BCUT2D eigenvalue weighted by Gasteiger charge is 2.22. The van der Waals surface area contributed by atoms with E-state index < -0.39 is 9.84 Å². The molecule has 5 nitrogen and oxygen atoms in total. The lowest BCUT2D eigenvalue weighted by Crippen LogP contribution is -2.35. The van der Waals surface area contributed by atoms with Crippen molar-refractivity contribution in [3.05, 3.63) is 17.7 Å². The SMILES string of the molecule is COc1cc(CC2CCCCN2)c(OC)c(S(C)(=O)=O)c1. The van der Waals surface area contributed by atoms with Crippen molar-refractivity contribution in [1.82, 2.24) is 5.32 Å². The van der Waals surface area contributed by atoms with E-state index in [-0.39, 0.29) is 4.90 Å². The number of sulfone groups is 1. The highest BCUT2D eigenvalue weighted by atomic mass is 32.2. The number of piperidine rings is 1. The van der Waals surface area contributed by atoms with E-state index in [4.69, 9.17) is 9.47 Å². The fourth-order valence-electron chi connectivity index (χ4n) is 2.77. The van der Waals surface area contributed by atoms with Gasteiger partial charge in [0.2, 0.25) is 0 Å². The van der Waals surface area contributed by atoms with Crippen molar-refractivity contribution in [2.75, 3.05) is 27.0 Å². The van der Waals surface area contributed by atoms with E-state index in [2.05, 4.69) is 5.32 Å². The first-order valence-corrected chi connectivity index (χ1v) is 9.03. The first kappa shape index (κ1) is 16.1. The minimum atomic E-state index is -3.37. The monoisotopic (exact) mass is 313 g/mol. The van der Waals surface area contributed by atoms with Gasteiger partial charge < -0.3 is 14.8 Å². The van der Waals surface area contributed by atoms with Gasteiger partial charge in [-0.15, -0.1) is 0 Å². The van der Waals surface area contributed by atoms with Crippen LogP contribution < -0.4 is 14.8 Å². The van der Waals surface area contributed by atoms with E-state index in [1.807, 2.05) is 6.07 Å². The summed E-state index contributed by atoms with van der Waals surface area (Å²) in [7, 11) is -0.320. The molecule has 1 atom stereocenters. The Morgan fingerprint density at radius 1 is 1.24 bits per heavy atom. The largest absolute Gasteiger partial charge is 0.497 e. The van der Waals surface area contributed by atoms with Crippen LogP contribution in [0.4, 0.5) is 0 Å². The summed E-state index contributed by atoms with van der Waals surface area (Å²) in [6, 6.07) is 3.74. The van der Waals surface area contributed by atoms with Crippen molar-refractivity contribution >= 4 is 9.84 Å². The molecule has 1 heterocycles. The molecule has 118 valence electrons. The summed E-state index contributed by atoms with van der Waals surface area (Å²) in [6.45, 7) is 1.01. The molecule has 0 amide bonds. The van der Waals surface area contributed by atoms with Crippen LogP contribution in [-0.2, 0) is 16.3 Å². The standard InChI is InChI=1S/C15H23NO4S/c1-19-13-9-11(8-12-6-4-5-7-16-12)15(20-2)14(10-13)21(3,17)18/h9-10,12,16H,4-8H2,1-3H3. The van der Waals surface area contributed by atoms with Gasteiger partial charge in [-0.2, -0.15) is 0 Å². The van der Waals surface area contributed by atoms with Crippen LogP contribution in [0.25, 0.3) is 0 Å². The van der Waals surface area contributed by atoms with Crippen molar-refractivity contribution < 1.29 is 17.9 Å². The zero-order chi connectivity index (χ0) is 15.5. The minimum absolute atomic E-state index is 0.190. The summed E-state index contributed by atoms with van der Waals surface area (Å²) < 4.78 is 34.6. The molecule has 6 heteroatoms. The van der Waals surface area contributed by atoms with Gasteiger partial charge in [0, 0.05) is 23.9 Å². The molecule has 2 rings (SSSR count). The Hall–Kier alpha value is -1.27. The molecule has 0 aromatic heterocycles. The lowest BCUT2D eigenvalue weighted by atomic mass is 9.97. The molecule has 0 aliphatic carbocycles. The third-order valence-corrected chi connectivity index (χ3v) is 4.93. The van der Waals surface area contributed by atoms with E-state index in [0.29, 0.717) is 17.5 Å². The molecule has 1 saturated heterocycles. The van der Waals surface area contributed by atoms with Crippen LogP contribution in [0.1, 0.15) is 24.8 Å². The quantitative estimate of drug-likeness (QED) is 0.898. The number of hydrogen-bond donors (Lipinski definition) is 1. The van der Waals surface area contributed by atoms with Crippen LogP contribution in [0, 0.1) is 0 Å². The topological polar surface area (TPSA) is 64.6 Å². The Morgan fingerprint density at radius 2 is 2.00 bits per heavy atom. The van der Waals surface area contributed by atoms with Crippen molar-refractivity contribution in [1.29, 1.82) is 0 Å². The highest BCUT2D eigenvalue weighted by Crippen LogP contribution is 2.34. The van der Waals surface area contributed by atoms with Gasteiger partial charge in [0.1, 0.15) is 16.4 Å². The molecular weight excluding hydrogens is 290 g/mol. The van der Waals surface area contributed by atoms with Crippen LogP contribution >= 0.6 is 0 Å². The van der Waals surface area contributed by atoms with E-state index in [9.17, 15) is 8.42 Å². The summed E-state index contributed by atoms with van der Waals surface area (Å²) in [6.07, 6.45) is 5.41. The molecular formula is C15H23NO4S. The zero-order valence-electron chi connectivity index (χ0n) is 12.8. The summed E-state index contributed by atoms with van der Waals surface area (Å²) in [5.41, 5.74) is 0.872. The molecule has 1 aliphatic heterocycles. The second kappa shape index (κ2) is 6.66. The average Bonchev–Trinajstić information content (AvgIpc) is 2.46. The van der Waals surface area contributed by atoms with Gasteiger partial charge in [0.25, 0.3) is 0 Å². The Labute approximate surface area is 126 Å². The molecule has 1 aromatic rings. The molecule has 1 aliphatic rings. The van der Waals surface area contributed by atoms with Gasteiger partial charge in [-0.25, -0.2) is 8.42 Å². The third kappa shape index (κ3) is 3.89. The lowest BCUT2D eigenvalue weighted by Gasteiger charge is -2.25. The second-order valence-electron chi connectivity index (χ2n) is 5.44. The Kier molecular flexibility index (Phi) is 5.11. The van der Waals surface area contributed by atoms with E-state index in [1.165, 1.54) is 39.4 Å². The number of rotatable bonds is 5. The summed E-state index contributed by atoms with van der Waals surface area (Å²) in [5, 5.41) is 3.47. The van der Waals surface area contributed by atoms with Gasteiger partial charge in [0.15, 0.2) is 9.84 Å². The van der Waals surface area contributed by atoms with Crippen LogP contribution in [0.5, 0.6) is 11.5 Å². The molecule has 1 fully saturated rings. The van der Waals surface area contributed by atoms with Gasteiger partial charge in [0.05, 0.1) is 14.2 Å². The number of benzene rings is 1. The van der Waals surface area contributed by atoms with Crippen LogP contribution in [0.3, 0.4) is 0 Å². The van der Waals surface area contributed by atoms with Crippen molar-refractivity contribution in [2.24, 2.45) is 0 Å². The van der Waals surface area contributed by atoms with Gasteiger partial charge in [-0.1, -0.05) is 6.42 Å². The first-order valence-electron chi connectivity index (χ1n) is 7.14. The molecule has 1 N–H and O–H groups in total. The minimum Gasteiger partial charge on any atom is -0.497 e. The lowest BCUT2D eigenvalue weighted by molar-refractivity contribution is 0.370. The van der Waals surface area contributed by atoms with Crippen LogP contribution in [0.2, 0.25) is 0 Å². The van der Waals surface area contributed by atoms with Gasteiger partial charge in [-0.05, 0) is 31.9 Å². The Balaban J connectivity index is 2.42. The van der Waals surface area contributed by atoms with Crippen molar-refractivity contribution in [3.8, 4) is 11.5 Å².